The molecule has 1 aromatic carbocycles. The summed E-state index contributed by atoms with van der Waals surface area (Å²) in [5.74, 6) is 0.477. The fourth-order valence-corrected chi connectivity index (χ4v) is 1.93. The first-order valence-electron chi connectivity index (χ1n) is 4.99. The zero-order chi connectivity index (χ0) is 11.8. The second-order valence-corrected chi connectivity index (χ2v) is 4.03. The molecule has 0 aliphatic heterocycles. The standard InChI is InChI=1S/C12H8ClN3O/c13-9-4-10-11(17-6-16-10)3-8(9)7-1-2-12(14)15-5-7/h1-6H,(H2,14,15). The van der Waals surface area contributed by atoms with E-state index in [9.17, 15) is 0 Å². The zero-order valence-electron chi connectivity index (χ0n) is 8.72. The maximum atomic E-state index is 6.19. The van der Waals surface area contributed by atoms with Crippen molar-refractivity contribution in [1.82, 2.24) is 9.97 Å². The van der Waals surface area contributed by atoms with Gasteiger partial charge in [0.15, 0.2) is 12.0 Å². The van der Waals surface area contributed by atoms with Crippen LogP contribution < -0.4 is 5.73 Å². The van der Waals surface area contributed by atoms with Crippen LogP contribution in [-0.2, 0) is 0 Å². The fraction of sp³-hybridized carbons (Fsp3) is 0. The summed E-state index contributed by atoms with van der Waals surface area (Å²) in [5.41, 5.74) is 8.72. The monoisotopic (exact) mass is 245 g/mol. The van der Waals surface area contributed by atoms with Crippen LogP contribution in [0.1, 0.15) is 0 Å². The van der Waals surface area contributed by atoms with Gasteiger partial charge < -0.3 is 10.2 Å². The topological polar surface area (TPSA) is 64.9 Å². The number of oxazole rings is 1. The Bertz CT molecular complexity index is 676. The van der Waals surface area contributed by atoms with E-state index in [-0.39, 0.29) is 0 Å². The van der Waals surface area contributed by atoms with Crippen molar-refractivity contribution in [2.75, 3.05) is 5.73 Å². The quantitative estimate of drug-likeness (QED) is 0.715. The van der Waals surface area contributed by atoms with E-state index in [0.717, 1.165) is 16.6 Å². The third-order valence-electron chi connectivity index (χ3n) is 2.52. The first kappa shape index (κ1) is 10.1. The third-order valence-corrected chi connectivity index (χ3v) is 2.83. The summed E-state index contributed by atoms with van der Waals surface area (Å²) < 4.78 is 5.24. The zero-order valence-corrected chi connectivity index (χ0v) is 9.48. The Morgan fingerprint density at radius 2 is 2.06 bits per heavy atom. The number of nitrogens with two attached hydrogens (primary N) is 1. The Morgan fingerprint density at radius 1 is 1.18 bits per heavy atom. The van der Waals surface area contributed by atoms with Crippen molar-refractivity contribution in [2.24, 2.45) is 0 Å². The van der Waals surface area contributed by atoms with Crippen LogP contribution in [0.25, 0.3) is 22.2 Å². The molecule has 5 heteroatoms. The smallest absolute Gasteiger partial charge is 0.181 e. The van der Waals surface area contributed by atoms with Crippen LogP contribution >= 0.6 is 11.6 Å². The van der Waals surface area contributed by atoms with Crippen LogP contribution in [0, 0.1) is 0 Å². The van der Waals surface area contributed by atoms with E-state index in [1.165, 1.54) is 6.39 Å². The van der Waals surface area contributed by atoms with Gasteiger partial charge in [0.25, 0.3) is 0 Å². The summed E-state index contributed by atoms with van der Waals surface area (Å²) in [7, 11) is 0. The number of hydrogen-bond acceptors (Lipinski definition) is 4. The fourth-order valence-electron chi connectivity index (χ4n) is 1.66. The van der Waals surface area contributed by atoms with Crippen LogP contribution in [0.3, 0.4) is 0 Å². The summed E-state index contributed by atoms with van der Waals surface area (Å²) in [6.07, 6.45) is 3.07. The van der Waals surface area contributed by atoms with Crippen LogP contribution in [0.2, 0.25) is 5.02 Å². The van der Waals surface area contributed by atoms with Crippen molar-refractivity contribution in [1.29, 1.82) is 0 Å². The second kappa shape index (κ2) is 3.75. The van der Waals surface area contributed by atoms with Crippen molar-refractivity contribution in [2.45, 2.75) is 0 Å². The maximum absolute atomic E-state index is 6.19. The van der Waals surface area contributed by atoms with Crippen molar-refractivity contribution in [3.05, 3.63) is 41.9 Å². The minimum Gasteiger partial charge on any atom is -0.443 e. The number of halogens is 1. The molecule has 3 aromatic rings. The molecule has 84 valence electrons. The molecule has 0 amide bonds. The van der Waals surface area contributed by atoms with Gasteiger partial charge in [-0.3, -0.25) is 0 Å². The predicted molar refractivity (Wildman–Crippen MR) is 66.7 cm³/mol. The molecule has 0 saturated carbocycles. The molecule has 2 N–H and O–H groups in total. The highest BCUT2D eigenvalue weighted by atomic mass is 35.5. The molecule has 4 nitrogen and oxygen atoms in total. The molecule has 0 fully saturated rings. The van der Waals surface area contributed by atoms with Gasteiger partial charge in [0.1, 0.15) is 11.3 Å². The highest BCUT2D eigenvalue weighted by Crippen LogP contribution is 2.31. The second-order valence-electron chi connectivity index (χ2n) is 3.62. The van der Waals surface area contributed by atoms with Crippen molar-refractivity contribution >= 4 is 28.5 Å². The van der Waals surface area contributed by atoms with E-state index in [0.29, 0.717) is 16.4 Å². The number of nitrogens with zero attached hydrogens (tertiary/aromatic N) is 2. The molecule has 17 heavy (non-hydrogen) atoms. The average molecular weight is 246 g/mol. The highest BCUT2D eigenvalue weighted by molar-refractivity contribution is 6.34. The lowest BCUT2D eigenvalue weighted by atomic mass is 10.1. The lowest BCUT2D eigenvalue weighted by Gasteiger charge is -2.04. The van der Waals surface area contributed by atoms with Gasteiger partial charge in [-0.25, -0.2) is 9.97 Å². The molecule has 0 unspecified atom stereocenters. The van der Waals surface area contributed by atoms with Gasteiger partial charge in [-0.1, -0.05) is 11.6 Å². The summed E-state index contributed by atoms with van der Waals surface area (Å²) in [4.78, 5) is 8.08. The Labute approximate surface area is 102 Å². The number of fused-ring (bicyclic) bond motifs is 1. The van der Waals surface area contributed by atoms with E-state index in [4.69, 9.17) is 21.8 Å². The minimum atomic E-state index is 0.477. The molecule has 0 spiro atoms. The molecular weight excluding hydrogens is 238 g/mol. The van der Waals surface area contributed by atoms with Crippen molar-refractivity contribution < 1.29 is 4.42 Å². The van der Waals surface area contributed by atoms with Gasteiger partial charge in [-0.05, 0) is 24.3 Å². The van der Waals surface area contributed by atoms with Crippen LogP contribution in [0.15, 0.2) is 41.3 Å². The molecule has 2 aromatic heterocycles. The predicted octanol–water partition coefficient (Wildman–Crippen LogP) is 3.13. The Balaban J connectivity index is 2.21. The Hall–Kier alpha value is -2.07. The van der Waals surface area contributed by atoms with Crippen LogP contribution in [0.5, 0.6) is 0 Å². The molecule has 0 saturated heterocycles. The number of pyridine rings is 1. The van der Waals surface area contributed by atoms with Gasteiger partial charge in [0.05, 0.1) is 5.02 Å². The summed E-state index contributed by atoms with van der Waals surface area (Å²) in [5, 5.41) is 0.609. The van der Waals surface area contributed by atoms with Crippen molar-refractivity contribution in [3.8, 4) is 11.1 Å². The summed E-state index contributed by atoms with van der Waals surface area (Å²) in [6, 6.07) is 7.21. The summed E-state index contributed by atoms with van der Waals surface area (Å²) >= 11 is 6.19. The first-order valence-corrected chi connectivity index (χ1v) is 5.36. The summed E-state index contributed by atoms with van der Waals surface area (Å²) in [6.45, 7) is 0. The van der Waals surface area contributed by atoms with Crippen LogP contribution in [-0.4, -0.2) is 9.97 Å². The SMILES string of the molecule is Nc1ccc(-c2cc3ocnc3cc2Cl)cn1. The third kappa shape index (κ3) is 1.72. The van der Waals surface area contributed by atoms with Crippen molar-refractivity contribution in [3.63, 3.8) is 0 Å². The molecule has 0 aliphatic carbocycles. The molecule has 3 rings (SSSR count). The first-order chi connectivity index (χ1) is 8.24. The van der Waals surface area contributed by atoms with Crippen LogP contribution in [0.4, 0.5) is 5.82 Å². The van der Waals surface area contributed by atoms with E-state index >= 15 is 0 Å². The average Bonchev–Trinajstić information content (AvgIpc) is 2.76. The molecule has 0 radical (unpaired) electrons. The molecule has 0 atom stereocenters. The molecule has 0 aliphatic rings. The van der Waals surface area contributed by atoms with E-state index in [1.54, 1.807) is 18.3 Å². The molecule has 2 heterocycles. The number of anilines is 1. The number of rotatable bonds is 1. The van der Waals surface area contributed by atoms with Gasteiger partial charge in [0.2, 0.25) is 0 Å². The largest absolute Gasteiger partial charge is 0.443 e. The van der Waals surface area contributed by atoms with Gasteiger partial charge in [-0.15, -0.1) is 0 Å². The van der Waals surface area contributed by atoms with E-state index in [2.05, 4.69) is 9.97 Å². The van der Waals surface area contributed by atoms with Gasteiger partial charge >= 0.3 is 0 Å². The maximum Gasteiger partial charge on any atom is 0.181 e. The number of benzene rings is 1. The number of hydrogen-bond donors (Lipinski definition) is 1. The molecule has 0 bridgehead atoms. The van der Waals surface area contributed by atoms with Gasteiger partial charge in [-0.2, -0.15) is 0 Å². The van der Waals surface area contributed by atoms with E-state index in [1.807, 2.05) is 12.1 Å². The lowest BCUT2D eigenvalue weighted by molar-refractivity contribution is 0.602. The van der Waals surface area contributed by atoms with Gasteiger partial charge in [0, 0.05) is 17.3 Å². The normalized spacial score (nSPS) is 10.9. The lowest BCUT2D eigenvalue weighted by Crippen LogP contribution is -1.89. The minimum absolute atomic E-state index is 0.477. The molecular formula is C12H8ClN3O. The number of nitrogen functional groups attached to an aromatic ring is 1. The Kier molecular flexibility index (Phi) is 2.23. The number of aromatic nitrogens is 2. The van der Waals surface area contributed by atoms with E-state index < -0.39 is 0 Å². The highest BCUT2D eigenvalue weighted by Gasteiger charge is 2.08. The Morgan fingerprint density at radius 3 is 2.82 bits per heavy atom.